The topological polar surface area (TPSA) is 41.6 Å². The summed E-state index contributed by atoms with van der Waals surface area (Å²) in [6.07, 6.45) is 0.859. The van der Waals surface area contributed by atoms with Crippen LogP contribution in [0.4, 0.5) is 0 Å². The molecule has 0 aromatic heterocycles. The smallest absolute Gasteiger partial charge is 0.240 e. The fourth-order valence-corrected chi connectivity index (χ4v) is 2.96. The standard InChI is InChI=1S/C15H21BrN2O2/c1-3-18(15(19)14-8-12(16)9-17-14)10-11-4-6-13(20-2)7-5-11/h4-7,12,14,17H,3,8-10H2,1-2H3. The molecule has 0 bridgehead atoms. The number of ether oxygens (including phenoxy) is 1. The number of carbonyl (C=O) groups is 1. The van der Waals surface area contributed by atoms with Gasteiger partial charge in [-0.3, -0.25) is 4.79 Å². The van der Waals surface area contributed by atoms with E-state index in [4.69, 9.17) is 4.74 Å². The largest absolute Gasteiger partial charge is 0.497 e. The van der Waals surface area contributed by atoms with Crippen molar-refractivity contribution in [2.45, 2.75) is 30.8 Å². The molecule has 1 saturated heterocycles. The summed E-state index contributed by atoms with van der Waals surface area (Å²) in [6, 6.07) is 7.80. The van der Waals surface area contributed by atoms with Crippen molar-refractivity contribution in [2.24, 2.45) is 0 Å². The number of rotatable bonds is 5. The van der Waals surface area contributed by atoms with Crippen molar-refractivity contribution in [2.75, 3.05) is 20.2 Å². The molecule has 0 spiro atoms. The van der Waals surface area contributed by atoms with Gasteiger partial charge in [0.1, 0.15) is 5.75 Å². The summed E-state index contributed by atoms with van der Waals surface area (Å²) in [5, 5.41) is 3.27. The SMILES string of the molecule is CCN(Cc1ccc(OC)cc1)C(=O)C1CC(Br)CN1. The zero-order chi connectivity index (χ0) is 14.5. The van der Waals surface area contributed by atoms with E-state index >= 15 is 0 Å². The van der Waals surface area contributed by atoms with Crippen molar-refractivity contribution >= 4 is 21.8 Å². The fraction of sp³-hybridized carbons (Fsp3) is 0.533. The van der Waals surface area contributed by atoms with Crippen LogP contribution in [0.1, 0.15) is 18.9 Å². The van der Waals surface area contributed by atoms with Gasteiger partial charge in [-0.1, -0.05) is 28.1 Å². The van der Waals surface area contributed by atoms with Gasteiger partial charge in [-0.05, 0) is 31.0 Å². The number of nitrogens with one attached hydrogen (secondary N) is 1. The molecule has 1 amide bonds. The van der Waals surface area contributed by atoms with Crippen LogP contribution in [0, 0.1) is 0 Å². The van der Waals surface area contributed by atoms with E-state index in [0.717, 1.165) is 30.8 Å². The molecule has 1 aliphatic heterocycles. The Bertz CT molecular complexity index is 450. The molecule has 5 heteroatoms. The van der Waals surface area contributed by atoms with Gasteiger partial charge in [0.15, 0.2) is 0 Å². The molecule has 0 aliphatic carbocycles. The summed E-state index contributed by atoms with van der Waals surface area (Å²) >= 11 is 3.55. The Hall–Kier alpha value is -1.07. The van der Waals surface area contributed by atoms with Crippen molar-refractivity contribution in [1.29, 1.82) is 0 Å². The Balaban J connectivity index is 1.98. The average Bonchev–Trinajstić information content (AvgIpc) is 2.91. The van der Waals surface area contributed by atoms with Gasteiger partial charge in [-0.25, -0.2) is 0 Å². The van der Waals surface area contributed by atoms with Crippen LogP contribution in [0.25, 0.3) is 0 Å². The van der Waals surface area contributed by atoms with Crippen molar-refractivity contribution < 1.29 is 9.53 Å². The third-order valence-electron chi connectivity index (χ3n) is 3.60. The maximum atomic E-state index is 12.5. The van der Waals surface area contributed by atoms with E-state index in [1.54, 1.807) is 7.11 Å². The molecule has 0 radical (unpaired) electrons. The number of benzene rings is 1. The lowest BCUT2D eigenvalue weighted by Crippen LogP contribution is -2.43. The summed E-state index contributed by atoms with van der Waals surface area (Å²) < 4.78 is 5.15. The number of carbonyl (C=O) groups excluding carboxylic acids is 1. The van der Waals surface area contributed by atoms with Crippen LogP contribution in [-0.4, -0.2) is 41.9 Å². The van der Waals surface area contributed by atoms with Gasteiger partial charge in [0.25, 0.3) is 0 Å². The fourth-order valence-electron chi connectivity index (χ4n) is 2.40. The molecule has 1 N–H and O–H groups in total. The number of methoxy groups -OCH3 is 1. The summed E-state index contributed by atoms with van der Waals surface area (Å²) in [5.74, 6) is 1.02. The Morgan fingerprint density at radius 2 is 2.15 bits per heavy atom. The quantitative estimate of drug-likeness (QED) is 0.835. The summed E-state index contributed by atoms with van der Waals surface area (Å²) in [5.41, 5.74) is 1.12. The highest BCUT2D eigenvalue weighted by Gasteiger charge is 2.30. The first-order chi connectivity index (χ1) is 9.63. The molecule has 0 saturated carbocycles. The zero-order valence-electron chi connectivity index (χ0n) is 11.9. The summed E-state index contributed by atoms with van der Waals surface area (Å²) in [4.78, 5) is 14.8. The first kappa shape index (κ1) is 15.3. The lowest BCUT2D eigenvalue weighted by atomic mass is 10.1. The van der Waals surface area contributed by atoms with E-state index < -0.39 is 0 Å². The molecule has 2 unspecified atom stereocenters. The van der Waals surface area contributed by atoms with E-state index in [9.17, 15) is 4.79 Å². The van der Waals surface area contributed by atoms with Gasteiger partial charge >= 0.3 is 0 Å². The number of halogens is 1. The molecular weight excluding hydrogens is 320 g/mol. The second-order valence-electron chi connectivity index (χ2n) is 4.99. The molecule has 1 fully saturated rings. The van der Waals surface area contributed by atoms with Crippen molar-refractivity contribution in [3.63, 3.8) is 0 Å². The van der Waals surface area contributed by atoms with E-state index in [1.807, 2.05) is 36.1 Å². The molecule has 1 aromatic carbocycles. The Kier molecular flexibility index (Phi) is 5.43. The van der Waals surface area contributed by atoms with Gasteiger partial charge in [0.2, 0.25) is 5.91 Å². The second kappa shape index (κ2) is 7.09. The summed E-state index contributed by atoms with van der Waals surface area (Å²) in [7, 11) is 1.65. The monoisotopic (exact) mass is 340 g/mol. The van der Waals surface area contributed by atoms with Crippen molar-refractivity contribution in [3.05, 3.63) is 29.8 Å². The minimum Gasteiger partial charge on any atom is -0.497 e. The van der Waals surface area contributed by atoms with Gasteiger partial charge in [0.05, 0.1) is 13.2 Å². The molecule has 1 heterocycles. The lowest BCUT2D eigenvalue weighted by molar-refractivity contribution is -0.133. The highest BCUT2D eigenvalue weighted by Crippen LogP contribution is 2.18. The molecular formula is C15H21BrN2O2. The maximum absolute atomic E-state index is 12.5. The van der Waals surface area contributed by atoms with E-state index in [1.165, 1.54) is 0 Å². The molecule has 110 valence electrons. The van der Waals surface area contributed by atoms with E-state index in [0.29, 0.717) is 11.4 Å². The van der Waals surface area contributed by atoms with Gasteiger partial charge < -0.3 is 15.0 Å². The zero-order valence-corrected chi connectivity index (χ0v) is 13.5. The number of nitrogens with zero attached hydrogens (tertiary/aromatic N) is 1. The van der Waals surface area contributed by atoms with Crippen LogP contribution in [0.15, 0.2) is 24.3 Å². The molecule has 1 aromatic rings. The molecule has 1 aliphatic rings. The lowest BCUT2D eigenvalue weighted by Gasteiger charge is -2.24. The van der Waals surface area contributed by atoms with Crippen LogP contribution in [0.3, 0.4) is 0 Å². The van der Waals surface area contributed by atoms with Crippen molar-refractivity contribution in [1.82, 2.24) is 10.2 Å². The number of likely N-dealkylation sites (N-methyl/N-ethyl adjacent to an activating group) is 1. The van der Waals surface area contributed by atoms with Crippen molar-refractivity contribution in [3.8, 4) is 5.75 Å². The van der Waals surface area contributed by atoms with Crippen LogP contribution in [-0.2, 0) is 11.3 Å². The summed E-state index contributed by atoms with van der Waals surface area (Å²) in [6.45, 7) is 4.24. The normalized spacial score (nSPS) is 21.8. The number of hydrogen-bond donors (Lipinski definition) is 1. The average molecular weight is 341 g/mol. The minimum atomic E-state index is -0.0578. The minimum absolute atomic E-state index is 0.0578. The highest BCUT2D eigenvalue weighted by molar-refractivity contribution is 9.09. The Morgan fingerprint density at radius 3 is 2.65 bits per heavy atom. The second-order valence-corrected chi connectivity index (χ2v) is 6.29. The highest BCUT2D eigenvalue weighted by atomic mass is 79.9. The molecule has 2 rings (SSSR count). The molecule has 20 heavy (non-hydrogen) atoms. The number of alkyl halides is 1. The molecule has 4 nitrogen and oxygen atoms in total. The number of amides is 1. The van der Waals surface area contributed by atoms with Crippen LogP contribution in [0.2, 0.25) is 0 Å². The van der Waals surface area contributed by atoms with E-state index in [-0.39, 0.29) is 11.9 Å². The first-order valence-electron chi connectivity index (χ1n) is 6.93. The molecule has 2 atom stereocenters. The van der Waals surface area contributed by atoms with Gasteiger partial charge in [0, 0.05) is 24.5 Å². The predicted molar refractivity (Wildman–Crippen MR) is 83.2 cm³/mol. The Labute approximate surface area is 128 Å². The van der Waals surface area contributed by atoms with Gasteiger partial charge in [-0.15, -0.1) is 0 Å². The Morgan fingerprint density at radius 1 is 1.45 bits per heavy atom. The van der Waals surface area contributed by atoms with Crippen LogP contribution >= 0.6 is 15.9 Å². The predicted octanol–water partition coefficient (Wildman–Crippen LogP) is 2.17. The van der Waals surface area contributed by atoms with Crippen LogP contribution in [0.5, 0.6) is 5.75 Å². The van der Waals surface area contributed by atoms with Gasteiger partial charge in [-0.2, -0.15) is 0 Å². The maximum Gasteiger partial charge on any atom is 0.240 e. The third-order valence-corrected chi connectivity index (χ3v) is 4.30. The van der Waals surface area contributed by atoms with Crippen LogP contribution < -0.4 is 10.1 Å². The number of hydrogen-bond acceptors (Lipinski definition) is 3. The third kappa shape index (κ3) is 3.73. The first-order valence-corrected chi connectivity index (χ1v) is 7.84. The van der Waals surface area contributed by atoms with E-state index in [2.05, 4.69) is 21.2 Å².